The first kappa shape index (κ1) is 12.0. The highest BCUT2D eigenvalue weighted by Gasteiger charge is 2.27. The lowest BCUT2D eigenvalue weighted by atomic mass is 10.0. The fraction of sp³-hybridized carbons (Fsp3) is 0.750. The van der Waals surface area contributed by atoms with Crippen LogP contribution >= 0.6 is 11.3 Å². The summed E-state index contributed by atoms with van der Waals surface area (Å²) in [6.45, 7) is 5.17. The predicted molar refractivity (Wildman–Crippen MR) is 68.4 cm³/mol. The molecule has 0 spiro atoms. The van der Waals surface area contributed by atoms with Crippen LogP contribution < -0.4 is 11.1 Å². The fourth-order valence-electron chi connectivity index (χ4n) is 2.25. The van der Waals surface area contributed by atoms with Gasteiger partial charge >= 0.3 is 0 Å². The lowest BCUT2D eigenvalue weighted by Gasteiger charge is -2.24. The molecule has 0 aliphatic heterocycles. The van der Waals surface area contributed by atoms with Gasteiger partial charge < -0.3 is 11.1 Å². The number of aromatic nitrogens is 1. The van der Waals surface area contributed by atoms with Crippen molar-refractivity contribution in [3.05, 3.63) is 16.1 Å². The van der Waals surface area contributed by atoms with Gasteiger partial charge in [0.1, 0.15) is 5.01 Å². The van der Waals surface area contributed by atoms with E-state index in [-0.39, 0.29) is 6.04 Å². The van der Waals surface area contributed by atoms with Crippen LogP contribution in [0.15, 0.2) is 5.38 Å². The summed E-state index contributed by atoms with van der Waals surface area (Å²) >= 11 is 1.66. The predicted octanol–water partition coefficient (Wildman–Crippen LogP) is 2.59. The maximum Gasteiger partial charge on any atom is 0.109 e. The molecule has 1 aliphatic carbocycles. The second-order valence-corrected chi connectivity index (χ2v) is 5.98. The maximum atomic E-state index is 5.80. The average molecular weight is 239 g/mol. The van der Waals surface area contributed by atoms with Crippen molar-refractivity contribution >= 4 is 11.3 Å². The second kappa shape index (κ2) is 4.82. The zero-order valence-corrected chi connectivity index (χ0v) is 10.9. The SMILES string of the molecule is CC(N)c1nc(CNC2(C)CCCC2)cs1. The fourth-order valence-corrected chi connectivity index (χ4v) is 3.03. The van der Waals surface area contributed by atoms with Gasteiger partial charge in [0.15, 0.2) is 0 Å². The minimum Gasteiger partial charge on any atom is -0.322 e. The van der Waals surface area contributed by atoms with Crippen molar-refractivity contribution in [2.75, 3.05) is 0 Å². The Balaban J connectivity index is 1.89. The molecule has 0 aromatic carbocycles. The number of nitrogens with zero attached hydrogens (tertiary/aromatic N) is 1. The number of thiazole rings is 1. The van der Waals surface area contributed by atoms with Gasteiger partial charge in [0.05, 0.1) is 11.7 Å². The third-order valence-corrected chi connectivity index (χ3v) is 4.46. The Hall–Kier alpha value is -0.450. The van der Waals surface area contributed by atoms with E-state index in [1.54, 1.807) is 11.3 Å². The molecule has 16 heavy (non-hydrogen) atoms. The third kappa shape index (κ3) is 2.81. The minimum absolute atomic E-state index is 0.0563. The molecule has 1 unspecified atom stereocenters. The second-order valence-electron chi connectivity index (χ2n) is 5.09. The van der Waals surface area contributed by atoms with E-state index in [1.165, 1.54) is 25.7 Å². The van der Waals surface area contributed by atoms with Crippen LogP contribution in [0.25, 0.3) is 0 Å². The third-order valence-electron chi connectivity index (χ3n) is 3.36. The van der Waals surface area contributed by atoms with Gasteiger partial charge in [-0.3, -0.25) is 0 Å². The lowest BCUT2D eigenvalue weighted by Crippen LogP contribution is -2.38. The van der Waals surface area contributed by atoms with Crippen molar-refractivity contribution in [1.29, 1.82) is 0 Å². The summed E-state index contributed by atoms with van der Waals surface area (Å²) in [5.41, 5.74) is 7.26. The van der Waals surface area contributed by atoms with E-state index in [9.17, 15) is 0 Å². The van der Waals surface area contributed by atoms with Gasteiger partial charge in [-0.2, -0.15) is 0 Å². The highest BCUT2D eigenvalue weighted by molar-refractivity contribution is 7.09. The number of nitrogens with one attached hydrogen (secondary N) is 1. The van der Waals surface area contributed by atoms with Gasteiger partial charge in [0.2, 0.25) is 0 Å². The molecule has 1 aromatic heterocycles. The standard InChI is InChI=1S/C12H21N3S/c1-9(13)11-15-10(8-16-11)7-14-12(2)5-3-4-6-12/h8-9,14H,3-7,13H2,1-2H3. The van der Waals surface area contributed by atoms with Gasteiger partial charge in [0, 0.05) is 17.5 Å². The summed E-state index contributed by atoms with van der Waals surface area (Å²) in [5.74, 6) is 0. The van der Waals surface area contributed by atoms with Crippen LogP contribution in [0, 0.1) is 0 Å². The number of hydrogen-bond donors (Lipinski definition) is 2. The highest BCUT2D eigenvalue weighted by atomic mass is 32.1. The van der Waals surface area contributed by atoms with Crippen LogP contribution in [0.1, 0.15) is 56.3 Å². The Labute approximate surface area is 101 Å². The molecule has 1 fully saturated rings. The molecular formula is C12H21N3S. The van der Waals surface area contributed by atoms with Crippen molar-refractivity contribution in [3.8, 4) is 0 Å². The zero-order chi connectivity index (χ0) is 11.6. The molecule has 3 nitrogen and oxygen atoms in total. The highest BCUT2D eigenvalue weighted by Crippen LogP contribution is 2.29. The van der Waals surface area contributed by atoms with E-state index in [0.717, 1.165) is 17.2 Å². The Morgan fingerprint density at radius 3 is 2.81 bits per heavy atom. The van der Waals surface area contributed by atoms with E-state index in [2.05, 4.69) is 22.6 Å². The van der Waals surface area contributed by atoms with E-state index in [1.807, 2.05) is 6.92 Å². The van der Waals surface area contributed by atoms with Crippen LogP contribution in [0.3, 0.4) is 0 Å². The topological polar surface area (TPSA) is 50.9 Å². The van der Waals surface area contributed by atoms with E-state index < -0.39 is 0 Å². The molecule has 4 heteroatoms. The molecular weight excluding hydrogens is 218 g/mol. The van der Waals surface area contributed by atoms with Crippen LogP contribution in [0.2, 0.25) is 0 Å². The van der Waals surface area contributed by atoms with Crippen LogP contribution in [0.5, 0.6) is 0 Å². The van der Waals surface area contributed by atoms with E-state index in [4.69, 9.17) is 5.73 Å². The molecule has 1 saturated carbocycles. The molecule has 1 heterocycles. The van der Waals surface area contributed by atoms with Crippen molar-refractivity contribution < 1.29 is 0 Å². The molecule has 1 atom stereocenters. The van der Waals surface area contributed by atoms with Crippen LogP contribution in [-0.2, 0) is 6.54 Å². The summed E-state index contributed by atoms with van der Waals surface area (Å²) in [5, 5.41) is 6.78. The molecule has 0 radical (unpaired) electrons. The first-order chi connectivity index (χ1) is 7.59. The monoisotopic (exact) mass is 239 g/mol. The molecule has 1 aromatic rings. The quantitative estimate of drug-likeness (QED) is 0.849. The summed E-state index contributed by atoms with van der Waals surface area (Å²) in [6, 6.07) is 0.0563. The first-order valence-electron chi connectivity index (χ1n) is 6.04. The van der Waals surface area contributed by atoms with Gasteiger partial charge in [-0.05, 0) is 26.7 Å². The molecule has 0 amide bonds. The van der Waals surface area contributed by atoms with Crippen molar-refractivity contribution in [2.45, 2.75) is 57.7 Å². The lowest BCUT2D eigenvalue weighted by molar-refractivity contribution is 0.361. The summed E-state index contributed by atoms with van der Waals surface area (Å²) in [6.07, 6.45) is 5.28. The maximum absolute atomic E-state index is 5.80. The summed E-state index contributed by atoms with van der Waals surface area (Å²) in [7, 11) is 0. The van der Waals surface area contributed by atoms with E-state index in [0.29, 0.717) is 5.54 Å². The average Bonchev–Trinajstić information content (AvgIpc) is 2.84. The number of nitrogens with two attached hydrogens (primary N) is 1. The molecule has 0 saturated heterocycles. The van der Waals surface area contributed by atoms with Gasteiger partial charge in [0.25, 0.3) is 0 Å². The normalized spacial score (nSPS) is 21.2. The zero-order valence-electron chi connectivity index (χ0n) is 10.1. The Morgan fingerprint density at radius 1 is 1.56 bits per heavy atom. The Kier molecular flexibility index (Phi) is 3.62. The van der Waals surface area contributed by atoms with Crippen molar-refractivity contribution in [3.63, 3.8) is 0 Å². The molecule has 0 bridgehead atoms. The van der Waals surface area contributed by atoms with Gasteiger partial charge in [-0.1, -0.05) is 12.8 Å². The van der Waals surface area contributed by atoms with E-state index >= 15 is 0 Å². The molecule has 1 aliphatic rings. The van der Waals surface area contributed by atoms with Crippen molar-refractivity contribution in [2.24, 2.45) is 5.73 Å². The smallest absolute Gasteiger partial charge is 0.109 e. The molecule has 3 N–H and O–H groups in total. The van der Waals surface area contributed by atoms with Gasteiger partial charge in [-0.25, -0.2) is 4.98 Å². The largest absolute Gasteiger partial charge is 0.322 e. The molecule has 2 rings (SSSR count). The summed E-state index contributed by atoms with van der Waals surface area (Å²) in [4.78, 5) is 4.53. The Bertz CT molecular complexity index is 340. The first-order valence-corrected chi connectivity index (χ1v) is 6.92. The minimum atomic E-state index is 0.0563. The summed E-state index contributed by atoms with van der Waals surface area (Å²) < 4.78 is 0. The van der Waals surface area contributed by atoms with Crippen LogP contribution in [-0.4, -0.2) is 10.5 Å². The van der Waals surface area contributed by atoms with Crippen molar-refractivity contribution in [1.82, 2.24) is 10.3 Å². The van der Waals surface area contributed by atoms with Gasteiger partial charge in [-0.15, -0.1) is 11.3 Å². The Morgan fingerprint density at radius 2 is 2.25 bits per heavy atom. The van der Waals surface area contributed by atoms with Crippen LogP contribution in [0.4, 0.5) is 0 Å². The molecule has 90 valence electrons. The number of rotatable bonds is 4. The number of hydrogen-bond acceptors (Lipinski definition) is 4.